The molecule has 1 nitrogen and oxygen atoms in total. The SMILES string of the molecule is CN(c1ccc(-c2ccc3c4c(ccc3c2)CCc2c-4sc3ccccc23)cc1)c1cccc(C2(c3ccccc3)c3ccccc3-c3ccccc32)c1. The van der Waals surface area contributed by atoms with E-state index in [1.54, 1.807) is 0 Å². The maximum atomic E-state index is 2.39. The molecule has 0 unspecified atom stereocenters. The van der Waals surface area contributed by atoms with Crippen molar-refractivity contribution in [2.75, 3.05) is 11.9 Å². The molecule has 256 valence electrons. The fraction of sp³-hybridized carbons (Fsp3) is 0.0769. The topological polar surface area (TPSA) is 3.24 Å². The van der Waals surface area contributed by atoms with Gasteiger partial charge in [-0.2, -0.15) is 0 Å². The molecule has 0 N–H and O–H groups in total. The maximum absolute atomic E-state index is 2.39. The van der Waals surface area contributed by atoms with Crippen LogP contribution in [0.5, 0.6) is 0 Å². The van der Waals surface area contributed by atoms with E-state index in [-0.39, 0.29) is 0 Å². The summed E-state index contributed by atoms with van der Waals surface area (Å²) in [5, 5.41) is 4.09. The fourth-order valence-corrected chi connectivity index (χ4v) is 10.9. The number of hydrogen-bond acceptors (Lipinski definition) is 2. The van der Waals surface area contributed by atoms with Crippen molar-refractivity contribution in [3.63, 3.8) is 0 Å². The van der Waals surface area contributed by atoms with E-state index in [1.165, 1.54) is 86.9 Å². The number of hydrogen-bond donors (Lipinski definition) is 0. The molecule has 0 bridgehead atoms. The molecule has 1 heterocycles. The lowest BCUT2D eigenvalue weighted by Gasteiger charge is -2.34. The molecule has 54 heavy (non-hydrogen) atoms. The van der Waals surface area contributed by atoms with Gasteiger partial charge in [0.15, 0.2) is 0 Å². The van der Waals surface area contributed by atoms with E-state index < -0.39 is 5.41 Å². The summed E-state index contributed by atoms with van der Waals surface area (Å²) in [4.78, 5) is 3.77. The maximum Gasteiger partial charge on any atom is 0.0714 e. The molecule has 0 fully saturated rings. The Balaban J connectivity index is 0.950. The van der Waals surface area contributed by atoms with Crippen LogP contribution in [0.25, 0.3) is 53.6 Å². The van der Waals surface area contributed by atoms with Crippen LogP contribution >= 0.6 is 11.3 Å². The largest absolute Gasteiger partial charge is 0.345 e. The summed E-state index contributed by atoms with van der Waals surface area (Å²) in [5.41, 5.74) is 16.7. The number of nitrogens with zero attached hydrogens (tertiary/aromatic N) is 1. The van der Waals surface area contributed by atoms with Gasteiger partial charge in [-0.1, -0.05) is 146 Å². The minimum atomic E-state index is -0.414. The second-order valence-corrected chi connectivity index (χ2v) is 15.9. The zero-order chi connectivity index (χ0) is 35.8. The Morgan fingerprint density at radius 1 is 0.500 bits per heavy atom. The highest BCUT2D eigenvalue weighted by Gasteiger charge is 2.46. The quantitative estimate of drug-likeness (QED) is 0.172. The van der Waals surface area contributed by atoms with E-state index in [4.69, 9.17) is 0 Å². The zero-order valence-electron chi connectivity index (χ0n) is 30.1. The van der Waals surface area contributed by atoms with Gasteiger partial charge in [0.2, 0.25) is 0 Å². The molecule has 0 amide bonds. The summed E-state index contributed by atoms with van der Waals surface area (Å²) < 4.78 is 1.39. The lowest BCUT2D eigenvalue weighted by Crippen LogP contribution is -2.28. The Hall–Kier alpha value is -6.22. The number of thiophene rings is 1. The van der Waals surface area contributed by atoms with Gasteiger partial charge in [0.25, 0.3) is 0 Å². The van der Waals surface area contributed by atoms with Crippen molar-refractivity contribution < 1.29 is 0 Å². The van der Waals surface area contributed by atoms with E-state index in [9.17, 15) is 0 Å². The smallest absolute Gasteiger partial charge is 0.0714 e. The standard InChI is InChI=1S/C52H37NS/c1-53(41-15-11-14-39(33-41)52(38-12-3-2-4-13-38)47-19-8-5-16-43(47)44-17-6-9-20-48(44)52)40-28-24-34(25-29-40)36-27-30-42-37(32-36)23-22-35-26-31-46-45-18-7-10-21-49(45)54-51(46)50(35)42/h2-25,27-30,32-33H,26,31H2,1H3. The van der Waals surface area contributed by atoms with Crippen LogP contribution in [0.4, 0.5) is 11.4 Å². The van der Waals surface area contributed by atoms with Crippen LogP contribution in [-0.2, 0) is 18.3 Å². The molecule has 2 heteroatoms. The van der Waals surface area contributed by atoms with Crippen molar-refractivity contribution in [1.29, 1.82) is 0 Å². The van der Waals surface area contributed by atoms with Crippen LogP contribution in [0.15, 0.2) is 182 Å². The van der Waals surface area contributed by atoms with Crippen LogP contribution in [-0.4, -0.2) is 7.05 Å². The number of benzene rings is 8. The first-order valence-electron chi connectivity index (χ1n) is 18.9. The number of aryl methyl sites for hydroxylation is 2. The van der Waals surface area contributed by atoms with Gasteiger partial charge in [0.1, 0.15) is 0 Å². The van der Waals surface area contributed by atoms with E-state index in [0.717, 1.165) is 24.2 Å². The van der Waals surface area contributed by atoms with Crippen LogP contribution in [0, 0.1) is 0 Å². The molecule has 11 rings (SSSR count). The number of anilines is 2. The number of rotatable bonds is 5. The minimum absolute atomic E-state index is 0.414. The van der Waals surface area contributed by atoms with Crippen LogP contribution < -0.4 is 4.90 Å². The summed E-state index contributed by atoms with van der Waals surface area (Å²) >= 11 is 1.96. The summed E-state index contributed by atoms with van der Waals surface area (Å²) in [6.45, 7) is 0. The van der Waals surface area contributed by atoms with Gasteiger partial charge in [-0.3, -0.25) is 0 Å². The van der Waals surface area contributed by atoms with Crippen molar-refractivity contribution in [2.24, 2.45) is 0 Å². The van der Waals surface area contributed by atoms with Gasteiger partial charge in [0.05, 0.1) is 5.41 Å². The van der Waals surface area contributed by atoms with E-state index in [2.05, 4.69) is 194 Å². The first kappa shape index (κ1) is 31.3. The van der Waals surface area contributed by atoms with Gasteiger partial charge in [-0.15, -0.1) is 11.3 Å². The predicted molar refractivity (Wildman–Crippen MR) is 229 cm³/mol. The first-order valence-corrected chi connectivity index (χ1v) is 19.8. The van der Waals surface area contributed by atoms with Crippen LogP contribution in [0.1, 0.15) is 33.4 Å². The molecule has 1 aromatic heterocycles. The van der Waals surface area contributed by atoms with Gasteiger partial charge < -0.3 is 4.90 Å². The molecular formula is C52H37NS. The Kier molecular flexibility index (Phi) is 7.05. The monoisotopic (exact) mass is 707 g/mol. The average Bonchev–Trinajstić information content (AvgIpc) is 3.78. The molecule has 2 aliphatic carbocycles. The second-order valence-electron chi connectivity index (χ2n) is 14.8. The van der Waals surface area contributed by atoms with Gasteiger partial charge in [-0.05, 0) is 121 Å². The third-order valence-corrected chi connectivity index (χ3v) is 13.3. The van der Waals surface area contributed by atoms with E-state index in [0.29, 0.717) is 0 Å². The summed E-state index contributed by atoms with van der Waals surface area (Å²) in [7, 11) is 2.18. The van der Waals surface area contributed by atoms with Crippen molar-refractivity contribution in [2.45, 2.75) is 18.3 Å². The van der Waals surface area contributed by atoms with E-state index in [1.807, 2.05) is 11.3 Å². The van der Waals surface area contributed by atoms with Gasteiger partial charge in [-0.25, -0.2) is 0 Å². The molecule has 2 aliphatic rings. The summed E-state index contributed by atoms with van der Waals surface area (Å²) in [6, 6.07) is 67.8. The van der Waals surface area contributed by atoms with E-state index >= 15 is 0 Å². The molecule has 0 saturated carbocycles. The molecule has 0 aliphatic heterocycles. The molecular weight excluding hydrogens is 671 g/mol. The second kappa shape index (κ2) is 12.2. The highest BCUT2D eigenvalue weighted by molar-refractivity contribution is 7.22. The van der Waals surface area contributed by atoms with Gasteiger partial charge >= 0.3 is 0 Å². The first-order chi connectivity index (χ1) is 26.7. The Morgan fingerprint density at radius 2 is 1.19 bits per heavy atom. The molecule has 0 spiro atoms. The highest BCUT2D eigenvalue weighted by atomic mass is 32.1. The van der Waals surface area contributed by atoms with Crippen molar-refractivity contribution in [3.8, 4) is 32.7 Å². The third kappa shape index (κ3) is 4.57. The van der Waals surface area contributed by atoms with Crippen molar-refractivity contribution in [1.82, 2.24) is 0 Å². The lowest BCUT2D eigenvalue weighted by atomic mass is 9.67. The molecule has 0 saturated heterocycles. The Labute approximate surface area is 320 Å². The third-order valence-electron chi connectivity index (χ3n) is 12.1. The molecule has 0 atom stereocenters. The predicted octanol–water partition coefficient (Wildman–Crippen LogP) is 13.6. The Bertz CT molecular complexity index is 2850. The highest BCUT2D eigenvalue weighted by Crippen LogP contribution is 2.56. The molecule has 0 radical (unpaired) electrons. The van der Waals surface area contributed by atoms with Crippen molar-refractivity contribution in [3.05, 3.63) is 215 Å². The average molecular weight is 708 g/mol. The minimum Gasteiger partial charge on any atom is -0.345 e. The summed E-state index contributed by atoms with van der Waals surface area (Å²) in [6.07, 6.45) is 2.23. The number of fused-ring (bicyclic) bond motifs is 10. The fourth-order valence-electron chi connectivity index (χ4n) is 9.53. The zero-order valence-corrected chi connectivity index (χ0v) is 30.9. The molecule has 9 aromatic rings. The lowest BCUT2D eigenvalue weighted by molar-refractivity contribution is 0.768. The normalized spacial score (nSPS) is 13.6. The molecule has 8 aromatic carbocycles. The van der Waals surface area contributed by atoms with Gasteiger partial charge in [0, 0.05) is 33.6 Å². The summed E-state index contributed by atoms with van der Waals surface area (Å²) in [5.74, 6) is 0. The van der Waals surface area contributed by atoms with Crippen LogP contribution in [0.2, 0.25) is 0 Å². The van der Waals surface area contributed by atoms with Crippen LogP contribution in [0.3, 0.4) is 0 Å². The Morgan fingerprint density at radius 3 is 1.98 bits per heavy atom. The van der Waals surface area contributed by atoms with Crippen molar-refractivity contribution >= 4 is 43.6 Å².